The van der Waals surface area contributed by atoms with E-state index in [2.05, 4.69) is 10.3 Å². The second-order valence-corrected chi connectivity index (χ2v) is 7.26. The number of aryl methyl sites for hydroxylation is 1. The molecule has 164 valence electrons. The molecule has 0 saturated carbocycles. The summed E-state index contributed by atoms with van der Waals surface area (Å²) in [5.41, 5.74) is 0.403. The average Bonchev–Trinajstić information content (AvgIpc) is 2.79. The molecule has 0 unspecified atom stereocenters. The van der Waals surface area contributed by atoms with Crippen molar-refractivity contribution < 1.29 is 14.3 Å². The number of pyridine rings is 1. The summed E-state index contributed by atoms with van der Waals surface area (Å²) >= 11 is 6.08. The highest BCUT2D eigenvalue weighted by Crippen LogP contribution is 2.27. The minimum Gasteiger partial charge on any atom is -0.438 e. The number of hydrogen-bond donors (Lipinski definition) is 1. The molecule has 8 nitrogen and oxygen atoms in total. The number of carbonyl (C=O) groups excluding carboxylic acids is 1. The number of methoxy groups -OCH3 is 1. The number of halogens is 1. The van der Waals surface area contributed by atoms with Crippen molar-refractivity contribution in [3.63, 3.8) is 0 Å². The Kier molecular flexibility index (Phi) is 7.60. The lowest BCUT2D eigenvalue weighted by molar-refractivity contribution is -0.117. The number of nitrogens with zero attached hydrogens (tertiary/aromatic N) is 3. The van der Waals surface area contributed by atoms with Gasteiger partial charge >= 0.3 is 0 Å². The molecule has 9 heteroatoms. The number of nitriles is 1. The van der Waals surface area contributed by atoms with Crippen LogP contribution in [0.1, 0.15) is 17.5 Å². The third kappa shape index (κ3) is 5.32. The highest BCUT2D eigenvalue weighted by Gasteiger charge is 2.17. The number of hydrogen-bond acceptors (Lipinski definition) is 6. The third-order valence-electron chi connectivity index (χ3n) is 4.54. The highest BCUT2D eigenvalue weighted by atomic mass is 35.5. The summed E-state index contributed by atoms with van der Waals surface area (Å²) in [5.74, 6) is -0.214. The molecule has 3 aromatic rings. The predicted molar refractivity (Wildman–Crippen MR) is 121 cm³/mol. The molecule has 3 rings (SSSR count). The van der Waals surface area contributed by atoms with Crippen LogP contribution in [0, 0.1) is 18.3 Å². The molecule has 0 saturated heterocycles. The number of nitrogens with one attached hydrogen (secondary N) is 1. The van der Waals surface area contributed by atoms with Gasteiger partial charge in [-0.15, -0.1) is 0 Å². The number of aromatic nitrogens is 2. The molecule has 2 aromatic heterocycles. The zero-order valence-electron chi connectivity index (χ0n) is 17.6. The Morgan fingerprint density at radius 2 is 2.16 bits per heavy atom. The van der Waals surface area contributed by atoms with Crippen LogP contribution in [-0.2, 0) is 9.53 Å². The van der Waals surface area contributed by atoms with Gasteiger partial charge in [0, 0.05) is 31.5 Å². The van der Waals surface area contributed by atoms with Gasteiger partial charge in [0.05, 0.1) is 0 Å². The number of benzene rings is 1. The fourth-order valence-corrected chi connectivity index (χ4v) is 3.00. The van der Waals surface area contributed by atoms with E-state index in [0.29, 0.717) is 36.0 Å². The van der Waals surface area contributed by atoms with Crippen molar-refractivity contribution in [2.45, 2.75) is 13.3 Å². The maximum absolute atomic E-state index is 13.2. The van der Waals surface area contributed by atoms with Gasteiger partial charge in [-0.1, -0.05) is 17.7 Å². The van der Waals surface area contributed by atoms with E-state index in [1.807, 2.05) is 13.0 Å². The molecule has 32 heavy (non-hydrogen) atoms. The van der Waals surface area contributed by atoms with Crippen molar-refractivity contribution in [2.75, 3.05) is 20.3 Å². The van der Waals surface area contributed by atoms with Crippen molar-refractivity contribution in [1.29, 1.82) is 5.26 Å². The summed E-state index contributed by atoms with van der Waals surface area (Å²) in [5, 5.41) is 12.7. The summed E-state index contributed by atoms with van der Waals surface area (Å²) in [6, 6.07) is 11.9. The standard InChI is InChI=1S/C23H21ClN4O4/c1-15-12-17(7-8-19(15)24)32-22-18(23(30)28-10-4-3-6-20(28)27-22)13-16(14-25)21(29)26-9-5-11-31-2/h3-4,6-8,10,12-13H,5,9,11H2,1-2H3,(H,26,29)/b16-13+. The summed E-state index contributed by atoms with van der Waals surface area (Å²) < 4.78 is 12.1. The first-order valence-electron chi connectivity index (χ1n) is 9.79. The average molecular weight is 453 g/mol. The van der Waals surface area contributed by atoms with Crippen LogP contribution < -0.4 is 15.6 Å². The lowest BCUT2D eigenvalue weighted by atomic mass is 10.1. The van der Waals surface area contributed by atoms with Gasteiger partial charge in [0.2, 0.25) is 5.88 Å². The van der Waals surface area contributed by atoms with Gasteiger partial charge in [0.1, 0.15) is 28.6 Å². The summed E-state index contributed by atoms with van der Waals surface area (Å²) in [6.07, 6.45) is 3.33. The quantitative estimate of drug-likeness (QED) is 0.318. The largest absolute Gasteiger partial charge is 0.438 e. The van der Waals surface area contributed by atoms with E-state index in [0.717, 1.165) is 5.56 Å². The van der Waals surface area contributed by atoms with Gasteiger partial charge in [-0.25, -0.2) is 0 Å². The fraction of sp³-hybridized carbons (Fsp3) is 0.217. The molecule has 0 spiro atoms. The van der Waals surface area contributed by atoms with Crippen LogP contribution in [0.4, 0.5) is 0 Å². The minimum atomic E-state index is -0.602. The number of rotatable bonds is 8. The molecule has 0 atom stereocenters. The van der Waals surface area contributed by atoms with Gasteiger partial charge in [0.25, 0.3) is 11.5 Å². The second kappa shape index (κ2) is 10.6. The lowest BCUT2D eigenvalue weighted by Gasteiger charge is -2.11. The monoisotopic (exact) mass is 452 g/mol. The molecule has 0 radical (unpaired) electrons. The highest BCUT2D eigenvalue weighted by molar-refractivity contribution is 6.31. The number of ether oxygens (including phenoxy) is 2. The van der Waals surface area contributed by atoms with Gasteiger partial charge in [-0.3, -0.25) is 14.0 Å². The number of amides is 1. The summed E-state index contributed by atoms with van der Waals surface area (Å²) in [6.45, 7) is 2.62. The normalized spacial score (nSPS) is 11.2. The van der Waals surface area contributed by atoms with Gasteiger partial charge in [-0.05, 0) is 55.3 Å². The first-order chi connectivity index (χ1) is 15.4. The van der Waals surface area contributed by atoms with Crippen LogP contribution in [-0.4, -0.2) is 35.6 Å². The molecule has 0 aliphatic heterocycles. The Bertz CT molecular complexity index is 1280. The molecular formula is C23H21ClN4O4. The fourth-order valence-electron chi connectivity index (χ4n) is 2.88. The Hall–Kier alpha value is -3.67. The molecule has 1 N–H and O–H groups in total. The van der Waals surface area contributed by atoms with E-state index >= 15 is 0 Å². The second-order valence-electron chi connectivity index (χ2n) is 6.85. The molecule has 1 aromatic carbocycles. The molecule has 2 heterocycles. The maximum Gasteiger partial charge on any atom is 0.269 e. The lowest BCUT2D eigenvalue weighted by Crippen LogP contribution is -2.27. The van der Waals surface area contributed by atoms with E-state index in [1.165, 1.54) is 10.5 Å². The van der Waals surface area contributed by atoms with Crippen molar-refractivity contribution in [1.82, 2.24) is 14.7 Å². The Labute approximate surface area is 189 Å². The zero-order valence-corrected chi connectivity index (χ0v) is 18.3. The van der Waals surface area contributed by atoms with E-state index in [1.54, 1.807) is 49.7 Å². The van der Waals surface area contributed by atoms with Gasteiger partial charge in [-0.2, -0.15) is 10.2 Å². The maximum atomic E-state index is 13.2. The number of carbonyl (C=O) groups is 1. The molecule has 1 amide bonds. The minimum absolute atomic E-state index is 0.0232. The molecule has 0 aliphatic rings. The summed E-state index contributed by atoms with van der Waals surface area (Å²) in [7, 11) is 1.56. The topological polar surface area (TPSA) is 106 Å². The third-order valence-corrected chi connectivity index (χ3v) is 4.97. The molecule has 0 fully saturated rings. The Morgan fingerprint density at radius 3 is 2.88 bits per heavy atom. The van der Waals surface area contributed by atoms with E-state index in [9.17, 15) is 14.9 Å². The molecule has 0 aliphatic carbocycles. The van der Waals surface area contributed by atoms with Crippen LogP contribution in [0.5, 0.6) is 11.6 Å². The first kappa shape index (κ1) is 23.0. The van der Waals surface area contributed by atoms with Crippen LogP contribution in [0.15, 0.2) is 53.0 Å². The van der Waals surface area contributed by atoms with Crippen molar-refractivity contribution in [3.05, 3.63) is 74.7 Å². The smallest absolute Gasteiger partial charge is 0.269 e. The molecular weight excluding hydrogens is 432 g/mol. The van der Waals surface area contributed by atoms with Crippen LogP contribution in [0.3, 0.4) is 0 Å². The van der Waals surface area contributed by atoms with Crippen molar-refractivity contribution in [2.24, 2.45) is 0 Å². The zero-order chi connectivity index (χ0) is 23.1. The van der Waals surface area contributed by atoms with Crippen LogP contribution in [0.25, 0.3) is 11.7 Å². The van der Waals surface area contributed by atoms with Crippen LogP contribution >= 0.6 is 11.6 Å². The van der Waals surface area contributed by atoms with Crippen molar-refractivity contribution in [3.8, 4) is 17.7 Å². The summed E-state index contributed by atoms with van der Waals surface area (Å²) in [4.78, 5) is 30.0. The first-order valence-corrected chi connectivity index (χ1v) is 10.2. The van der Waals surface area contributed by atoms with Crippen LogP contribution in [0.2, 0.25) is 5.02 Å². The predicted octanol–water partition coefficient (Wildman–Crippen LogP) is 3.51. The van der Waals surface area contributed by atoms with Gasteiger partial charge < -0.3 is 14.8 Å². The van der Waals surface area contributed by atoms with E-state index in [4.69, 9.17) is 21.1 Å². The SMILES string of the molecule is COCCCNC(=O)/C(C#N)=C/c1c(Oc2ccc(Cl)c(C)c2)nc2ccccn2c1=O. The van der Waals surface area contributed by atoms with E-state index < -0.39 is 11.5 Å². The Morgan fingerprint density at radius 1 is 1.34 bits per heavy atom. The van der Waals surface area contributed by atoms with E-state index in [-0.39, 0.29) is 17.0 Å². The van der Waals surface area contributed by atoms with Crippen molar-refractivity contribution >= 4 is 29.2 Å². The van der Waals surface area contributed by atoms with Gasteiger partial charge in [0.15, 0.2) is 0 Å². The molecule has 0 bridgehead atoms. The Balaban J connectivity index is 2.06. The number of fused-ring (bicyclic) bond motifs is 1.